The minimum Gasteiger partial charge on any atom is -0.340 e. The maximum Gasteiger partial charge on any atom is 0.254 e. The molecule has 0 radical (unpaired) electrons. The summed E-state index contributed by atoms with van der Waals surface area (Å²) in [5, 5.41) is 5.71. The molecule has 1 atom stereocenters. The first-order valence-electron chi connectivity index (χ1n) is 11.6. The summed E-state index contributed by atoms with van der Waals surface area (Å²) in [5.74, 6) is -1.07. The molecule has 2 amide bonds. The van der Waals surface area contributed by atoms with Gasteiger partial charge in [-0.25, -0.2) is 4.39 Å². The topological polar surface area (TPSA) is 70.2 Å². The number of rotatable bonds is 8. The Morgan fingerprint density at radius 3 is 2.33 bits per heavy atom. The summed E-state index contributed by atoms with van der Waals surface area (Å²) in [6.45, 7) is 6.28. The number of amides is 2. The number of carbonyl (C=O) groups excluding carboxylic acids is 2. The summed E-state index contributed by atoms with van der Waals surface area (Å²) >= 11 is 1.54. The smallest absolute Gasteiger partial charge is 0.254 e. The number of hydrogen-bond acceptors (Lipinski definition) is 4. The lowest BCUT2D eigenvalue weighted by atomic mass is 9.84. The lowest BCUT2D eigenvalue weighted by Gasteiger charge is -2.26. The third-order valence-corrected chi connectivity index (χ3v) is 6.85. The van der Waals surface area contributed by atoms with Gasteiger partial charge in [0.15, 0.2) is 0 Å². The van der Waals surface area contributed by atoms with Crippen LogP contribution in [0, 0.1) is 11.7 Å². The molecule has 2 aromatic rings. The summed E-state index contributed by atoms with van der Waals surface area (Å²) in [4.78, 5) is 26.9. The number of anilines is 1. The van der Waals surface area contributed by atoms with Crippen LogP contribution in [-0.2, 0) is 4.79 Å². The standard InChI is InChI=1S/C26H34FN3O2S/c1-26(2,3)30-33-20-15-13-19(14-16-20)28-25(32)23(17-18-9-5-4-6-10-18)29-24(31)21-11-7-8-12-22(21)27/h7-8,11-16,18,23,30H,4-6,9-10,17H2,1-3H3,(H,28,32)(H,29,31). The summed E-state index contributed by atoms with van der Waals surface area (Å²) in [7, 11) is 0. The van der Waals surface area contributed by atoms with Gasteiger partial charge in [-0.3, -0.25) is 14.3 Å². The Labute approximate surface area is 200 Å². The van der Waals surface area contributed by atoms with Gasteiger partial charge in [-0.05, 0) is 81.5 Å². The van der Waals surface area contributed by atoms with Crippen molar-refractivity contribution in [1.29, 1.82) is 0 Å². The van der Waals surface area contributed by atoms with E-state index >= 15 is 0 Å². The summed E-state index contributed by atoms with van der Waals surface area (Å²) in [6, 6.07) is 12.7. The fourth-order valence-electron chi connectivity index (χ4n) is 3.92. The number of benzene rings is 2. The number of hydrogen-bond donors (Lipinski definition) is 3. The van der Waals surface area contributed by atoms with E-state index in [4.69, 9.17) is 0 Å². The van der Waals surface area contributed by atoms with Crippen molar-refractivity contribution in [2.24, 2.45) is 5.92 Å². The average Bonchev–Trinajstić information content (AvgIpc) is 2.78. The maximum absolute atomic E-state index is 14.1. The van der Waals surface area contributed by atoms with Gasteiger partial charge >= 0.3 is 0 Å². The zero-order chi connectivity index (χ0) is 23.8. The van der Waals surface area contributed by atoms with Gasteiger partial charge in [0.05, 0.1) is 5.56 Å². The van der Waals surface area contributed by atoms with E-state index in [1.54, 1.807) is 6.07 Å². The molecule has 5 nitrogen and oxygen atoms in total. The first-order valence-corrected chi connectivity index (χ1v) is 12.4. The molecule has 7 heteroatoms. The first kappa shape index (κ1) is 25.2. The van der Waals surface area contributed by atoms with Crippen molar-refractivity contribution < 1.29 is 14.0 Å². The normalized spacial score (nSPS) is 15.6. The van der Waals surface area contributed by atoms with Crippen LogP contribution in [0.4, 0.5) is 10.1 Å². The van der Waals surface area contributed by atoms with Gasteiger partial charge in [0.1, 0.15) is 11.9 Å². The monoisotopic (exact) mass is 471 g/mol. The highest BCUT2D eigenvalue weighted by Gasteiger charge is 2.27. The molecule has 1 unspecified atom stereocenters. The van der Waals surface area contributed by atoms with E-state index in [9.17, 15) is 14.0 Å². The van der Waals surface area contributed by atoms with Gasteiger partial charge in [0.2, 0.25) is 5.91 Å². The predicted octanol–water partition coefficient (Wildman–Crippen LogP) is 5.93. The van der Waals surface area contributed by atoms with Crippen LogP contribution in [0.15, 0.2) is 53.4 Å². The Morgan fingerprint density at radius 1 is 1.03 bits per heavy atom. The Kier molecular flexibility index (Phi) is 8.92. The van der Waals surface area contributed by atoms with Gasteiger partial charge in [0.25, 0.3) is 5.91 Å². The Hall–Kier alpha value is -2.38. The second-order valence-corrected chi connectivity index (χ2v) is 10.6. The molecule has 1 aliphatic carbocycles. The third-order valence-electron chi connectivity index (χ3n) is 5.63. The lowest BCUT2D eigenvalue weighted by Crippen LogP contribution is -2.45. The van der Waals surface area contributed by atoms with Crippen molar-refractivity contribution in [3.05, 3.63) is 59.9 Å². The predicted molar refractivity (Wildman–Crippen MR) is 133 cm³/mol. The SMILES string of the molecule is CC(C)(C)NSc1ccc(NC(=O)C(CC2CCCCC2)NC(=O)c2ccccc2F)cc1. The van der Waals surface area contributed by atoms with E-state index in [1.807, 2.05) is 24.3 Å². The minimum atomic E-state index is -0.725. The average molecular weight is 472 g/mol. The van der Waals surface area contributed by atoms with Gasteiger partial charge in [0, 0.05) is 16.1 Å². The molecule has 0 aromatic heterocycles. The van der Waals surface area contributed by atoms with Crippen molar-refractivity contribution in [3.63, 3.8) is 0 Å². The highest BCUT2D eigenvalue weighted by Crippen LogP contribution is 2.28. The molecule has 2 aromatic carbocycles. The van der Waals surface area contributed by atoms with Crippen LogP contribution in [0.2, 0.25) is 0 Å². The van der Waals surface area contributed by atoms with E-state index in [1.165, 1.54) is 36.6 Å². The van der Waals surface area contributed by atoms with Crippen LogP contribution in [-0.4, -0.2) is 23.4 Å². The molecular formula is C26H34FN3O2S. The van der Waals surface area contributed by atoms with E-state index in [-0.39, 0.29) is 17.0 Å². The molecular weight excluding hydrogens is 437 g/mol. The zero-order valence-electron chi connectivity index (χ0n) is 19.6. The van der Waals surface area contributed by atoms with Gasteiger partial charge in [-0.2, -0.15) is 0 Å². The zero-order valence-corrected chi connectivity index (χ0v) is 20.4. The van der Waals surface area contributed by atoms with E-state index in [2.05, 4.69) is 36.1 Å². The maximum atomic E-state index is 14.1. The number of nitrogens with one attached hydrogen (secondary N) is 3. The molecule has 1 saturated carbocycles. The molecule has 178 valence electrons. The van der Waals surface area contributed by atoms with Crippen molar-refractivity contribution in [3.8, 4) is 0 Å². The fraction of sp³-hybridized carbons (Fsp3) is 0.462. The minimum absolute atomic E-state index is 0.0136. The second-order valence-electron chi connectivity index (χ2n) is 9.71. The fourth-order valence-corrected chi connectivity index (χ4v) is 4.61. The molecule has 33 heavy (non-hydrogen) atoms. The molecule has 0 spiro atoms. The van der Waals surface area contributed by atoms with E-state index in [0.29, 0.717) is 18.0 Å². The van der Waals surface area contributed by atoms with Crippen molar-refractivity contribution >= 4 is 29.4 Å². The molecule has 1 fully saturated rings. The molecule has 3 rings (SSSR count). The largest absolute Gasteiger partial charge is 0.340 e. The highest BCUT2D eigenvalue weighted by atomic mass is 32.2. The van der Waals surface area contributed by atoms with Crippen LogP contribution in [0.5, 0.6) is 0 Å². The Morgan fingerprint density at radius 2 is 1.70 bits per heavy atom. The summed E-state index contributed by atoms with van der Waals surface area (Å²) in [5.41, 5.74) is 0.598. The van der Waals surface area contributed by atoms with Crippen molar-refractivity contribution in [1.82, 2.24) is 10.0 Å². The van der Waals surface area contributed by atoms with E-state index < -0.39 is 17.8 Å². The summed E-state index contributed by atoms with van der Waals surface area (Å²) in [6.07, 6.45) is 6.14. The van der Waals surface area contributed by atoms with Crippen LogP contribution in [0.3, 0.4) is 0 Å². The second kappa shape index (κ2) is 11.7. The van der Waals surface area contributed by atoms with Crippen LogP contribution >= 0.6 is 11.9 Å². The van der Waals surface area contributed by atoms with Crippen molar-refractivity contribution in [2.45, 2.75) is 75.8 Å². The molecule has 1 aliphatic rings. The van der Waals surface area contributed by atoms with Crippen molar-refractivity contribution in [2.75, 3.05) is 5.32 Å². The van der Waals surface area contributed by atoms with Crippen LogP contribution < -0.4 is 15.4 Å². The Bertz CT molecular complexity index is 937. The quantitative estimate of drug-likeness (QED) is 0.418. The molecule has 0 aliphatic heterocycles. The van der Waals surface area contributed by atoms with Crippen LogP contribution in [0.25, 0.3) is 0 Å². The molecule has 0 saturated heterocycles. The van der Waals surface area contributed by atoms with Gasteiger partial charge < -0.3 is 10.6 Å². The number of halogens is 1. The van der Waals surface area contributed by atoms with Crippen LogP contribution in [0.1, 0.15) is 69.7 Å². The number of carbonyl (C=O) groups is 2. The van der Waals surface area contributed by atoms with Gasteiger partial charge in [-0.1, -0.05) is 44.2 Å². The molecule has 0 bridgehead atoms. The molecule has 0 heterocycles. The van der Waals surface area contributed by atoms with E-state index in [0.717, 1.165) is 30.6 Å². The molecule has 3 N–H and O–H groups in total. The third kappa shape index (κ3) is 8.16. The first-order chi connectivity index (χ1) is 15.7. The lowest BCUT2D eigenvalue weighted by molar-refractivity contribution is -0.118. The highest BCUT2D eigenvalue weighted by molar-refractivity contribution is 7.97. The summed E-state index contributed by atoms with van der Waals surface area (Å²) < 4.78 is 17.5. The Balaban J connectivity index is 1.67. The van der Waals surface area contributed by atoms with Gasteiger partial charge in [-0.15, -0.1) is 0 Å².